The summed E-state index contributed by atoms with van der Waals surface area (Å²) in [5, 5.41) is 3.38. The van der Waals surface area contributed by atoms with Crippen molar-refractivity contribution in [3.8, 4) is 0 Å². The van der Waals surface area contributed by atoms with Crippen molar-refractivity contribution in [1.29, 1.82) is 0 Å². The summed E-state index contributed by atoms with van der Waals surface area (Å²) in [6.07, 6.45) is 5.25. The molecule has 1 aliphatic carbocycles. The SMILES string of the molecule is CC(CC1CC1)NCCOCCS(C)(=O)=O. The molecular formula is C11H23NO3S. The van der Waals surface area contributed by atoms with Gasteiger partial charge < -0.3 is 10.1 Å². The molecule has 0 aromatic heterocycles. The number of ether oxygens (including phenoxy) is 1. The van der Waals surface area contributed by atoms with Gasteiger partial charge in [0.25, 0.3) is 0 Å². The molecule has 16 heavy (non-hydrogen) atoms. The van der Waals surface area contributed by atoms with Crippen molar-refractivity contribution in [2.75, 3.05) is 31.8 Å². The van der Waals surface area contributed by atoms with Crippen LogP contribution < -0.4 is 5.32 Å². The van der Waals surface area contributed by atoms with Gasteiger partial charge >= 0.3 is 0 Å². The number of hydrogen-bond acceptors (Lipinski definition) is 4. The van der Waals surface area contributed by atoms with Crippen LogP contribution in [0.2, 0.25) is 0 Å². The van der Waals surface area contributed by atoms with Gasteiger partial charge in [-0.3, -0.25) is 0 Å². The Morgan fingerprint density at radius 1 is 1.38 bits per heavy atom. The molecule has 1 rings (SSSR count). The molecule has 1 atom stereocenters. The molecular weight excluding hydrogens is 226 g/mol. The molecule has 0 radical (unpaired) electrons. The van der Waals surface area contributed by atoms with Crippen LogP contribution in [0.1, 0.15) is 26.2 Å². The van der Waals surface area contributed by atoms with Crippen LogP contribution in [0.25, 0.3) is 0 Å². The lowest BCUT2D eigenvalue weighted by atomic mass is 10.2. The van der Waals surface area contributed by atoms with E-state index in [1.165, 1.54) is 25.5 Å². The smallest absolute Gasteiger partial charge is 0.149 e. The molecule has 96 valence electrons. The van der Waals surface area contributed by atoms with Gasteiger partial charge in [0.05, 0.1) is 19.0 Å². The standard InChI is InChI=1S/C11H23NO3S/c1-10(9-11-3-4-11)12-5-6-15-7-8-16(2,13)14/h10-12H,3-9H2,1-2H3. The van der Waals surface area contributed by atoms with Gasteiger partial charge in [-0.1, -0.05) is 12.8 Å². The maximum atomic E-state index is 10.8. The molecule has 1 N–H and O–H groups in total. The van der Waals surface area contributed by atoms with E-state index < -0.39 is 9.84 Å². The highest BCUT2D eigenvalue weighted by Gasteiger charge is 2.22. The van der Waals surface area contributed by atoms with Gasteiger partial charge in [-0.15, -0.1) is 0 Å². The summed E-state index contributed by atoms with van der Waals surface area (Å²) in [7, 11) is -2.88. The quantitative estimate of drug-likeness (QED) is 0.615. The third-order valence-corrected chi connectivity index (χ3v) is 3.63. The van der Waals surface area contributed by atoms with Crippen LogP contribution in [-0.2, 0) is 14.6 Å². The van der Waals surface area contributed by atoms with Gasteiger partial charge in [0, 0.05) is 18.8 Å². The highest BCUT2D eigenvalue weighted by atomic mass is 32.2. The van der Waals surface area contributed by atoms with Crippen molar-refractivity contribution in [2.45, 2.75) is 32.2 Å². The molecule has 0 amide bonds. The van der Waals surface area contributed by atoms with Gasteiger partial charge in [0.1, 0.15) is 9.84 Å². The maximum absolute atomic E-state index is 10.8. The minimum atomic E-state index is -2.88. The molecule has 0 aromatic rings. The molecule has 0 saturated heterocycles. The highest BCUT2D eigenvalue weighted by molar-refractivity contribution is 7.90. The number of sulfone groups is 1. The number of hydrogen-bond donors (Lipinski definition) is 1. The molecule has 0 aliphatic heterocycles. The summed E-state index contributed by atoms with van der Waals surface area (Å²) in [4.78, 5) is 0. The van der Waals surface area contributed by atoms with Crippen LogP contribution in [0.15, 0.2) is 0 Å². The Morgan fingerprint density at radius 2 is 2.06 bits per heavy atom. The number of nitrogens with one attached hydrogen (secondary N) is 1. The molecule has 1 fully saturated rings. The number of rotatable bonds is 9. The van der Waals surface area contributed by atoms with Gasteiger partial charge in [-0.2, -0.15) is 0 Å². The second-order valence-corrected chi connectivity index (χ2v) is 7.04. The molecule has 1 aliphatic rings. The van der Waals surface area contributed by atoms with E-state index in [4.69, 9.17) is 4.74 Å². The second kappa shape index (κ2) is 6.57. The molecule has 0 bridgehead atoms. The maximum Gasteiger partial charge on any atom is 0.149 e. The molecule has 4 nitrogen and oxygen atoms in total. The summed E-state index contributed by atoms with van der Waals surface area (Å²) >= 11 is 0. The van der Waals surface area contributed by atoms with E-state index in [1.807, 2.05) is 0 Å². The second-order valence-electron chi connectivity index (χ2n) is 4.78. The van der Waals surface area contributed by atoms with Crippen molar-refractivity contribution in [2.24, 2.45) is 5.92 Å². The van der Waals surface area contributed by atoms with Gasteiger partial charge in [0.15, 0.2) is 0 Å². The van der Waals surface area contributed by atoms with Crippen LogP contribution in [0.5, 0.6) is 0 Å². The predicted octanol–water partition coefficient (Wildman–Crippen LogP) is 0.826. The molecule has 0 heterocycles. The Morgan fingerprint density at radius 3 is 2.62 bits per heavy atom. The van der Waals surface area contributed by atoms with Crippen LogP contribution in [0.4, 0.5) is 0 Å². The van der Waals surface area contributed by atoms with Crippen molar-refractivity contribution in [3.05, 3.63) is 0 Å². The van der Waals surface area contributed by atoms with E-state index in [0.29, 0.717) is 19.3 Å². The monoisotopic (exact) mass is 249 g/mol. The molecule has 5 heteroatoms. The van der Waals surface area contributed by atoms with Gasteiger partial charge in [-0.05, 0) is 19.3 Å². The average Bonchev–Trinajstić information content (AvgIpc) is 2.93. The van der Waals surface area contributed by atoms with E-state index >= 15 is 0 Å². The third kappa shape index (κ3) is 8.07. The Balaban J connectivity index is 1.87. The normalized spacial score (nSPS) is 18.6. The zero-order valence-electron chi connectivity index (χ0n) is 10.2. The summed E-state index contributed by atoms with van der Waals surface area (Å²) in [6.45, 7) is 3.88. The Hall–Kier alpha value is -0.130. The first-order valence-corrected chi connectivity index (χ1v) is 8.02. The Labute approximate surface area is 98.7 Å². The first kappa shape index (κ1) is 13.9. The minimum Gasteiger partial charge on any atom is -0.379 e. The zero-order chi connectivity index (χ0) is 12.0. The molecule has 0 spiro atoms. The van der Waals surface area contributed by atoms with Crippen molar-refractivity contribution in [3.63, 3.8) is 0 Å². The highest BCUT2D eigenvalue weighted by Crippen LogP contribution is 2.33. The lowest BCUT2D eigenvalue weighted by molar-refractivity contribution is 0.148. The summed E-state index contributed by atoms with van der Waals surface area (Å²) in [6, 6.07) is 0.547. The first-order chi connectivity index (χ1) is 7.47. The summed E-state index contributed by atoms with van der Waals surface area (Å²) < 4.78 is 26.8. The third-order valence-electron chi connectivity index (χ3n) is 2.72. The summed E-state index contributed by atoms with van der Waals surface area (Å²) in [5.74, 6) is 1.05. The van der Waals surface area contributed by atoms with Crippen LogP contribution >= 0.6 is 0 Å². The topological polar surface area (TPSA) is 55.4 Å². The Bertz CT molecular complexity index is 286. The van der Waals surface area contributed by atoms with Crippen LogP contribution in [0, 0.1) is 5.92 Å². The molecule has 0 aromatic carbocycles. The van der Waals surface area contributed by atoms with E-state index in [0.717, 1.165) is 12.5 Å². The lowest BCUT2D eigenvalue weighted by Crippen LogP contribution is -2.30. The fourth-order valence-electron chi connectivity index (χ4n) is 1.63. The van der Waals surface area contributed by atoms with E-state index in [9.17, 15) is 8.42 Å². The lowest BCUT2D eigenvalue weighted by Gasteiger charge is -2.13. The van der Waals surface area contributed by atoms with E-state index in [2.05, 4.69) is 12.2 Å². The predicted molar refractivity (Wildman–Crippen MR) is 65.3 cm³/mol. The summed E-state index contributed by atoms with van der Waals surface area (Å²) in [5.41, 5.74) is 0. The fourth-order valence-corrected chi connectivity index (χ4v) is 2.05. The van der Waals surface area contributed by atoms with E-state index in [-0.39, 0.29) is 5.75 Å². The van der Waals surface area contributed by atoms with Gasteiger partial charge in [0.2, 0.25) is 0 Å². The largest absolute Gasteiger partial charge is 0.379 e. The van der Waals surface area contributed by atoms with Crippen LogP contribution in [-0.4, -0.2) is 46.2 Å². The fraction of sp³-hybridized carbons (Fsp3) is 1.00. The van der Waals surface area contributed by atoms with Crippen molar-refractivity contribution in [1.82, 2.24) is 5.32 Å². The zero-order valence-corrected chi connectivity index (χ0v) is 11.1. The van der Waals surface area contributed by atoms with Crippen molar-refractivity contribution >= 4 is 9.84 Å². The molecule has 1 unspecified atom stereocenters. The van der Waals surface area contributed by atoms with E-state index in [1.54, 1.807) is 0 Å². The van der Waals surface area contributed by atoms with Crippen LogP contribution in [0.3, 0.4) is 0 Å². The van der Waals surface area contributed by atoms with Gasteiger partial charge in [-0.25, -0.2) is 8.42 Å². The minimum absolute atomic E-state index is 0.116. The molecule has 1 saturated carbocycles. The Kier molecular flexibility index (Phi) is 5.72. The van der Waals surface area contributed by atoms with Crippen molar-refractivity contribution < 1.29 is 13.2 Å². The first-order valence-electron chi connectivity index (χ1n) is 5.96. The average molecular weight is 249 g/mol.